The molecule has 0 aliphatic rings. The van der Waals surface area contributed by atoms with Crippen molar-refractivity contribution in [3.8, 4) is 0 Å². The van der Waals surface area contributed by atoms with E-state index in [9.17, 15) is 4.79 Å². The molecule has 0 bridgehead atoms. The van der Waals surface area contributed by atoms with Gasteiger partial charge < -0.3 is 4.74 Å². The number of hydrogen-bond acceptors (Lipinski definition) is 2. The van der Waals surface area contributed by atoms with Crippen molar-refractivity contribution in [1.29, 1.82) is 0 Å². The second kappa shape index (κ2) is 6.19. The first kappa shape index (κ1) is 13.3. The second-order valence-electron chi connectivity index (χ2n) is 4.61. The molecule has 0 aliphatic carbocycles. The van der Waals surface area contributed by atoms with Gasteiger partial charge in [0, 0.05) is 0 Å². The van der Waals surface area contributed by atoms with E-state index in [2.05, 4.69) is 0 Å². The largest absolute Gasteiger partial charge is 0.452 e. The van der Waals surface area contributed by atoms with Gasteiger partial charge in [-0.1, -0.05) is 60.7 Å². The van der Waals surface area contributed by atoms with Crippen molar-refractivity contribution in [2.75, 3.05) is 0 Å². The lowest BCUT2D eigenvalue weighted by Crippen LogP contribution is -2.16. The van der Waals surface area contributed by atoms with Crippen molar-refractivity contribution in [1.82, 2.24) is 0 Å². The van der Waals surface area contributed by atoms with Crippen LogP contribution < -0.4 is 0 Å². The highest BCUT2D eigenvalue weighted by Crippen LogP contribution is 2.26. The summed E-state index contributed by atoms with van der Waals surface area (Å²) < 4.78 is 5.61. The van der Waals surface area contributed by atoms with Crippen LogP contribution in [0.1, 0.15) is 31.1 Å². The smallest absolute Gasteiger partial charge is 0.313 e. The van der Waals surface area contributed by atoms with Gasteiger partial charge in [-0.25, -0.2) is 0 Å². The van der Waals surface area contributed by atoms with Gasteiger partial charge in [0.2, 0.25) is 0 Å². The summed E-state index contributed by atoms with van der Waals surface area (Å²) >= 11 is 0. The summed E-state index contributed by atoms with van der Waals surface area (Å²) in [4.78, 5) is 11.8. The maximum Gasteiger partial charge on any atom is 0.313 e. The van der Waals surface area contributed by atoms with Crippen molar-refractivity contribution >= 4 is 5.97 Å². The van der Waals surface area contributed by atoms with Gasteiger partial charge in [-0.3, -0.25) is 4.79 Å². The maximum absolute atomic E-state index is 11.8. The van der Waals surface area contributed by atoms with Gasteiger partial charge in [-0.2, -0.15) is 0 Å². The molecular formula is C17H17O2. The zero-order valence-electron chi connectivity index (χ0n) is 11.2. The summed E-state index contributed by atoms with van der Waals surface area (Å²) in [6, 6.07) is 19.6. The molecule has 2 aromatic carbocycles. The van der Waals surface area contributed by atoms with Crippen LogP contribution in [-0.4, -0.2) is 5.97 Å². The van der Waals surface area contributed by atoms with Crippen LogP contribution in [0.15, 0.2) is 60.7 Å². The number of benzene rings is 2. The lowest BCUT2D eigenvalue weighted by molar-refractivity contribution is -0.144. The van der Waals surface area contributed by atoms with Crippen LogP contribution in [0.2, 0.25) is 0 Å². The molecular weight excluding hydrogens is 236 g/mol. The highest BCUT2D eigenvalue weighted by atomic mass is 16.5. The summed E-state index contributed by atoms with van der Waals surface area (Å²) in [6.07, 6.45) is -0.357. The van der Waals surface area contributed by atoms with Crippen LogP contribution in [0.5, 0.6) is 0 Å². The summed E-state index contributed by atoms with van der Waals surface area (Å²) in [5, 5.41) is 0. The SMILES string of the molecule is C[C](C)C(=O)OC(c1ccccc1)c1ccccc1. The Kier molecular flexibility index (Phi) is 4.35. The normalized spacial score (nSPS) is 10.7. The van der Waals surface area contributed by atoms with Gasteiger partial charge in [0.1, 0.15) is 0 Å². The third kappa shape index (κ3) is 3.44. The molecule has 0 atom stereocenters. The Labute approximate surface area is 114 Å². The Morgan fingerprint density at radius 1 is 0.842 bits per heavy atom. The van der Waals surface area contributed by atoms with Gasteiger partial charge in [-0.15, -0.1) is 0 Å². The minimum Gasteiger partial charge on any atom is -0.452 e. The lowest BCUT2D eigenvalue weighted by Gasteiger charge is -2.19. The van der Waals surface area contributed by atoms with Gasteiger partial charge >= 0.3 is 5.97 Å². The number of carbonyl (C=O) groups excluding carboxylic acids is 1. The zero-order chi connectivity index (χ0) is 13.7. The molecule has 0 amide bonds. The van der Waals surface area contributed by atoms with Gasteiger partial charge in [0.15, 0.2) is 6.10 Å². The number of ether oxygens (including phenoxy) is 1. The minimum atomic E-state index is -0.357. The van der Waals surface area contributed by atoms with E-state index in [1.54, 1.807) is 13.8 Å². The lowest BCUT2D eigenvalue weighted by atomic mass is 10.0. The van der Waals surface area contributed by atoms with E-state index in [0.717, 1.165) is 11.1 Å². The molecule has 2 rings (SSSR count). The number of rotatable bonds is 4. The third-order valence-electron chi connectivity index (χ3n) is 2.84. The third-order valence-corrected chi connectivity index (χ3v) is 2.84. The van der Waals surface area contributed by atoms with E-state index < -0.39 is 0 Å². The van der Waals surface area contributed by atoms with Crippen LogP contribution >= 0.6 is 0 Å². The molecule has 97 valence electrons. The van der Waals surface area contributed by atoms with Crippen LogP contribution in [0, 0.1) is 5.92 Å². The summed E-state index contributed by atoms with van der Waals surface area (Å²) in [5.41, 5.74) is 1.95. The molecule has 2 aromatic rings. The van der Waals surface area contributed by atoms with Crippen LogP contribution in [0.3, 0.4) is 0 Å². The highest BCUT2D eigenvalue weighted by molar-refractivity contribution is 5.83. The second-order valence-corrected chi connectivity index (χ2v) is 4.61. The van der Waals surface area contributed by atoms with Crippen LogP contribution in [-0.2, 0) is 9.53 Å². The van der Waals surface area contributed by atoms with E-state index in [0.29, 0.717) is 5.92 Å². The fourth-order valence-corrected chi connectivity index (χ4v) is 1.81. The van der Waals surface area contributed by atoms with Gasteiger partial charge in [0.05, 0.1) is 5.92 Å². The molecule has 0 fully saturated rings. The van der Waals surface area contributed by atoms with E-state index in [1.807, 2.05) is 60.7 Å². The van der Waals surface area contributed by atoms with Crippen molar-refractivity contribution in [2.45, 2.75) is 20.0 Å². The fraction of sp³-hybridized carbons (Fsp3) is 0.176. The van der Waals surface area contributed by atoms with Crippen LogP contribution in [0.4, 0.5) is 0 Å². The Balaban J connectivity index is 2.32. The molecule has 0 aliphatic heterocycles. The first-order chi connectivity index (χ1) is 9.18. The van der Waals surface area contributed by atoms with E-state index >= 15 is 0 Å². The molecule has 0 aromatic heterocycles. The first-order valence-corrected chi connectivity index (χ1v) is 6.29. The van der Waals surface area contributed by atoms with Crippen molar-refractivity contribution in [3.05, 3.63) is 77.7 Å². The van der Waals surface area contributed by atoms with E-state index in [-0.39, 0.29) is 12.1 Å². The number of esters is 1. The molecule has 0 unspecified atom stereocenters. The Morgan fingerprint density at radius 3 is 1.63 bits per heavy atom. The van der Waals surface area contributed by atoms with E-state index in [1.165, 1.54) is 0 Å². The summed E-state index contributed by atoms with van der Waals surface area (Å²) in [5.74, 6) is 0.384. The fourth-order valence-electron chi connectivity index (χ4n) is 1.81. The molecule has 0 N–H and O–H groups in total. The standard InChI is InChI=1S/C17H17O2/c1-13(2)17(18)19-16(14-9-5-3-6-10-14)15-11-7-4-8-12-15/h3-12,16H,1-2H3. The minimum absolute atomic E-state index is 0.266. The molecule has 0 heterocycles. The molecule has 19 heavy (non-hydrogen) atoms. The summed E-state index contributed by atoms with van der Waals surface area (Å²) in [6.45, 7) is 3.52. The molecule has 2 heteroatoms. The molecule has 0 spiro atoms. The zero-order valence-corrected chi connectivity index (χ0v) is 11.2. The predicted molar refractivity (Wildman–Crippen MR) is 75.4 cm³/mol. The molecule has 2 nitrogen and oxygen atoms in total. The predicted octanol–water partition coefficient (Wildman–Crippen LogP) is 3.93. The quantitative estimate of drug-likeness (QED) is 0.772. The monoisotopic (exact) mass is 253 g/mol. The topological polar surface area (TPSA) is 26.3 Å². The molecule has 1 radical (unpaired) electrons. The Bertz CT molecular complexity index is 478. The molecule has 0 saturated carbocycles. The maximum atomic E-state index is 11.8. The van der Waals surface area contributed by atoms with E-state index in [4.69, 9.17) is 4.74 Å². The van der Waals surface area contributed by atoms with Crippen molar-refractivity contribution in [3.63, 3.8) is 0 Å². The Morgan fingerprint density at radius 2 is 1.26 bits per heavy atom. The number of hydrogen-bond donors (Lipinski definition) is 0. The Hall–Kier alpha value is -2.09. The average molecular weight is 253 g/mol. The van der Waals surface area contributed by atoms with Gasteiger partial charge in [0.25, 0.3) is 0 Å². The average Bonchev–Trinajstić information content (AvgIpc) is 2.46. The highest BCUT2D eigenvalue weighted by Gasteiger charge is 2.20. The summed E-state index contributed by atoms with van der Waals surface area (Å²) in [7, 11) is 0. The molecule has 0 saturated heterocycles. The number of carbonyl (C=O) groups is 1. The van der Waals surface area contributed by atoms with Gasteiger partial charge in [-0.05, 0) is 25.0 Å². The van der Waals surface area contributed by atoms with Crippen molar-refractivity contribution in [2.24, 2.45) is 0 Å². The van der Waals surface area contributed by atoms with Crippen LogP contribution in [0.25, 0.3) is 0 Å². The first-order valence-electron chi connectivity index (χ1n) is 6.29. The van der Waals surface area contributed by atoms with Crippen molar-refractivity contribution < 1.29 is 9.53 Å².